The van der Waals surface area contributed by atoms with Crippen molar-refractivity contribution in [2.75, 3.05) is 40.3 Å². The van der Waals surface area contributed by atoms with Crippen LogP contribution in [0.15, 0.2) is 4.99 Å². The van der Waals surface area contributed by atoms with Crippen molar-refractivity contribution in [2.45, 2.75) is 38.7 Å². The molecule has 4 nitrogen and oxygen atoms in total. The molecule has 0 atom stereocenters. The van der Waals surface area contributed by atoms with Crippen molar-refractivity contribution in [3.05, 3.63) is 0 Å². The van der Waals surface area contributed by atoms with Crippen LogP contribution in [-0.2, 0) is 4.74 Å². The van der Waals surface area contributed by atoms with Crippen LogP contribution in [0.5, 0.6) is 0 Å². The van der Waals surface area contributed by atoms with E-state index in [1.807, 2.05) is 0 Å². The van der Waals surface area contributed by atoms with Gasteiger partial charge in [0.1, 0.15) is 0 Å². The average Bonchev–Trinajstić information content (AvgIpc) is 3.18. The van der Waals surface area contributed by atoms with Crippen LogP contribution in [0.25, 0.3) is 0 Å². The predicted octanol–water partition coefficient (Wildman–Crippen LogP) is 1.81. The Kier molecular flexibility index (Phi) is 4.87. The number of nitrogens with zero attached hydrogens (tertiary/aromatic N) is 3. The summed E-state index contributed by atoms with van der Waals surface area (Å²) in [6.07, 6.45) is 5.53. The molecule has 0 aromatic carbocycles. The summed E-state index contributed by atoms with van der Waals surface area (Å²) in [6.45, 7) is 6.09. The number of hydrogen-bond donors (Lipinski definition) is 0. The number of rotatable bonds is 4. The number of hydrogen-bond acceptors (Lipinski definition) is 2. The first-order chi connectivity index (χ1) is 8.70. The molecular weight excluding hydrogens is 226 g/mol. The molecule has 0 amide bonds. The molecule has 18 heavy (non-hydrogen) atoms. The van der Waals surface area contributed by atoms with Crippen LogP contribution in [0.4, 0.5) is 0 Å². The van der Waals surface area contributed by atoms with Gasteiger partial charge in [-0.3, -0.25) is 4.99 Å². The Balaban J connectivity index is 1.75. The van der Waals surface area contributed by atoms with Gasteiger partial charge < -0.3 is 14.5 Å². The molecule has 4 heteroatoms. The summed E-state index contributed by atoms with van der Waals surface area (Å²) in [7, 11) is 4.15. The van der Waals surface area contributed by atoms with Crippen LogP contribution in [0.3, 0.4) is 0 Å². The van der Waals surface area contributed by atoms with Gasteiger partial charge in [0.15, 0.2) is 5.96 Å². The van der Waals surface area contributed by atoms with Crippen LogP contribution in [-0.4, -0.2) is 62.2 Å². The molecule has 2 fully saturated rings. The lowest BCUT2D eigenvalue weighted by Crippen LogP contribution is -2.46. The Morgan fingerprint density at radius 3 is 2.39 bits per heavy atom. The first kappa shape index (κ1) is 13.7. The Labute approximate surface area is 111 Å². The van der Waals surface area contributed by atoms with Gasteiger partial charge in [-0.1, -0.05) is 0 Å². The van der Waals surface area contributed by atoms with Gasteiger partial charge in [-0.25, -0.2) is 0 Å². The lowest BCUT2D eigenvalue weighted by molar-refractivity contribution is 0.0122. The maximum atomic E-state index is 5.98. The molecule has 1 saturated heterocycles. The smallest absolute Gasteiger partial charge is 0.196 e. The lowest BCUT2D eigenvalue weighted by atomic mass is 10.1. The van der Waals surface area contributed by atoms with Gasteiger partial charge in [-0.15, -0.1) is 0 Å². The highest BCUT2D eigenvalue weighted by Crippen LogP contribution is 2.30. The molecule has 0 bridgehead atoms. The molecule has 104 valence electrons. The van der Waals surface area contributed by atoms with E-state index < -0.39 is 0 Å². The van der Waals surface area contributed by atoms with Crippen molar-refractivity contribution < 1.29 is 4.74 Å². The molecule has 0 radical (unpaired) electrons. The number of ether oxygens (including phenoxy) is 1. The number of piperidine rings is 1. The Morgan fingerprint density at radius 1 is 1.22 bits per heavy atom. The first-order valence-electron chi connectivity index (χ1n) is 7.29. The third-order valence-electron chi connectivity index (χ3n) is 3.69. The van der Waals surface area contributed by atoms with E-state index in [0.29, 0.717) is 6.10 Å². The molecule has 2 aliphatic rings. The molecule has 0 aromatic rings. The van der Waals surface area contributed by atoms with Crippen LogP contribution in [0.2, 0.25) is 0 Å². The fourth-order valence-corrected chi connectivity index (χ4v) is 2.44. The maximum absolute atomic E-state index is 5.98. The molecular formula is C14H27N3O. The highest BCUT2D eigenvalue weighted by molar-refractivity contribution is 5.79. The Bertz CT molecular complexity index is 279. The predicted molar refractivity (Wildman–Crippen MR) is 74.9 cm³/mol. The van der Waals surface area contributed by atoms with Crippen molar-refractivity contribution in [3.8, 4) is 0 Å². The largest absolute Gasteiger partial charge is 0.378 e. The van der Waals surface area contributed by atoms with E-state index in [1.54, 1.807) is 0 Å². The number of guanidine groups is 1. The summed E-state index contributed by atoms with van der Waals surface area (Å²) < 4.78 is 5.98. The second-order valence-corrected chi connectivity index (χ2v) is 5.63. The fourth-order valence-electron chi connectivity index (χ4n) is 2.44. The van der Waals surface area contributed by atoms with Crippen LogP contribution in [0.1, 0.15) is 32.6 Å². The van der Waals surface area contributed by atoms with Gasteiger partial charge in [-0.05, 0) is 38.5 Å². The summed E-state index contributed by atoms with van der Waals surface area (Å²) in [4.78, 5) is 9.09. The molecule has 0 N–H and O–H groups in total. The first-order valence-corrected chi connectivity index (χ1v) is 7.29. The van der Waals surface area contributed by atoms with E-state index in [1.165, 1.54) is 12.8 Å². The van der Waals surface area contributed by atoms with Crippen LogP contribution >= 0.6 is 0 Å². The number of likely N-dealkylation sites (tertiary alicyclic amines) is 1. The van der Waals surface area contributed by atoms with Crippen molar-refractivity contribution in [1.29, 1.82) is 0 Å². The normalized spacial score (nSPS) is 22.4. The van der Waals surface area contributed by atoms with Crippen LogP contribution < -0.4 is 0 Å². The van der Waals surface area contributed by atoms with E-state index in [0.717, 1.165) is 51.0 Å². The molecule has 0 spiro atoms. The van der Waals surface area contributed by atoms with Gasteiger partial charge in [0, 0.05) is 40.3 Å². The van der Waals surface area contributed by atoms with Gasteiger partial charge in [0.2, 0.25) is 0 Å². The third-order valence-corrected chi connectivity index (χ3v) is 3.69. The monoisotopic (exact) mass is 253 g/mol. The summed E-state index contributed by atoms with van der Waals surface area (Å²) in [5.74, 6) is 2.00. The second-order valence-electron chi connectivity index (χ2n) is 5.63. The highest BCUT2D eigenvalue weighted by atomic mass is 16.5. The van der Waals surface area contributed by atoms with E-state index in [4.69, 9.17) is 4.74 Å². The van der Waals surface area contributed by atoms with Gasteiger partial charge in [-0.2, -0.15) is 0 Å². The maximum Gasteiger partial charge on any atom is 0.196 e. The van der Waals surface area contributed by atoms with E-state index in [-0.39, 0.29) is 0 Å². The van der Waals surface area contributed by atoms with Crippen LogP contribution in [0, 0.1) is 5.92 Å². The minimum atomic E-state index is 0.479. The standard InChI is InChI=1S/C14H27N3O/c1-4-15-14(16(2)3)17-9-7-13(8-10-17)18-11-12-5-6-12/h12-13H,4-11H2,1-3H3. The molecule has 1 aliphatic heterocycles. The molecule has 1 heterocycles. The SMILES string of the molecule is CCN=C(N(C)C)N1CCC(OCC2CC2)CC1. The average molecular weight is 253 g/mol. The molecule has 0 unspecified atom stereocenters. The minimum Gasteiger partial charge on any atom is -0.378 e. The van der Waals surface area contributed by atoms with Crippen molar-refractivity contribution in [3.63, 3.8) is 0 Å². The number of aliphatic imine (C=N–C) groups is 1. The Morgan fingerprint density at radius 2 is 1.89 bits per heavy atom. The fraction of sp³-hybridized carbons (Fsp3) is 0.929. The van der Waals surface area contributed by atoms with Gasteiger partial charge in [0.25, 0.3) is 0 Å². The zero-order valence-electron chi connectivity index (χ0n) is 12.1. The van der Waals surface area contributed by atoms with Crippen molar-refractivity contribution >= 4 is 5.96 Å². The second kappa shape index (κ2) is 6.41. The quantitative estimate of drug-likeness (QED) is 0.565. The van der Waals surface area contributed by atoms with E-state index in [9.17, 15) is 0 Å². The van der Waals surface area contributed by atoms with E-state index >= 15 is 0 Å². The third kappa shape index (κ3) is 3.87. The zero-order chi connectivity index (χ0) is 13.0. The minimum absolute atomic E-state index is 0.479. The summed E-state index contributed by atoms with van der Waals surface area (Å²) in [5, 5.41) is 0. The Hall–Kier alpha value is -0.770. The molecule has 1 saturated carbocycles. The van der Waals surface area contributed by atoms with E-state index in [2.05, 4.69) is 35.8 Å². The van der Waals surface area contributed by atoms with Gasteiger partial charge >= 0.3 is 0 Å². The highest BCUT2D eigenvalue weighted by Gasteiger charge is 2.26. The topological polar surface area (TPSA) is 28.1 Å². The lowest BCUT2D eigenvalue weighted by Gasteiger charge is -2.36. The van der Waals surface area contributed by atoms with Crippen molar-refractivity contribution in [1.82, 2.24) is 9.80 Å². The van der Waals surface area contributed by atoms with Gasteiger partial charge in [0.05, 0.1) is 6.10 Å². The summed E-state index contributed by atoms with van der Waals surface area (Å²) >= 11 is 0. The molecule has 0 aromatic heterocycles. The zero-order valence-corrected chi connectivity index (χ0v) is 12.1. The summed E-state index contributed by atoms with van der Waals surface area (Å²) in [5.41, 5.74) is 0. The molecule has 1 aliphatic carbocycles. The van der Waals surface area contributed by atoms with Crippen molar-refractivity contribution in [2.24, 2.45) is 10.9 Å². The molecule has 2 rings (SSSR count). The summed E-state index contributed by atoms with van der Waals surface area (Å²) in [6, 6.07) is 0.